The summed E-state index contributed by atoms with van der Waals surface area (Å²) in [5.41, 5.74) is 0. The van der Waals surface area contributed by atoms with Crippen molar-refractivity contribution in [1.29, 1.82) is 0 Å². The summed E-state index contributed by atoms with van der Waals surface area (Å²) in [6.07, 6.45) is 6.99. The Morgan fingerprint density at radius 3 is 2.95 bits per heavy atom. The maximum atomic E-state index is 12.5. The second kappa shape index (κ2) is 6.23. The lowest BCUT2D eigenvalue weighted by Gasteiger charge is -2.31. The largest absolute Gasteiger partial charge is 0.487 e. The molecule has 0 bridgehead atoms. The Bertz CT molecular complexity index is 736. The van der Waals surface area contributed by atoms with Crippen LogP contribution in [0, 0.1) is 0 Å². The molecule has 0 spiro atoms. The van der Waals surface area contributed by atoms with Crippen molar-refractivity contribution >= 4 is 21.6 Å². The first-order chi connectivity index (χ1) is 10.6. The van der Waals surface area contributed by atoms with Crippen molar-refractivity contribution in [2.45, 2.75) is 24.0 Å². The fourth-order valence-electron chi connectivity index (χ4n) is 2.38. The molecule has 0 aliphatic carbocycles. The number of imidazole rings is 1. The molecule has 0 aromatic carbocycles. The van der Waals surface area contributed by atoms with Gasteiger partial charge in [0, 0.05) is 25.0 Å². The average Bonchev–Trinajstić information content (AvgIpc) is 3.05. The van der Waals surface area contributed by atoms with Gasteiger partial charge in [-0.25, -0.2) is 13.4 Å². The van der Waals surface area contributed by atoms with Crippen molar-refractivity contribution in [3.05, 3.63) is 36.0 Å². The van der Waals surface area contributed by atoms with E-state index >= 15 is 0 Å². The Morgan fingerprint density at radius 1 is 1.36 bits per heavy atom. The Morgan fingerprint density at radius 2 is 2.23 bits per heavy atom. The first-order valence-corrected chi connectivity index (χ1v) is 8.64. The van der Waals surface area contributed by atoms with Crippen LogP contribution in [0.4, 0.5) is 0 Å². The topological polar surface area (TPSA) is 88.2 Å². The van der Waals surface area contributed by atoms with E-state index in [0.29, 0.717) is 17.3 Å². The highest BCUT2D eigenvalue weighted by Gasteiger charge is 2.32. The van der Waals surface area contributed by atoms with Crippen molar-refractivity contribution in [2.75, 3.05) is 13.1 Å². The number of hydrogen-bond acceptors (Lipinski definition) is 5. The van der Waals surface area contributed by atoms with Crippen molar-refractivity contribution in [2.24, 2.45) is 0 Å². The van der Waals surface area contributed by atoms with E-state index in [2.05, 4.69) is 15.0 Å². The molecule has 1 saturated heterocycles. The molecule has 9 heteroatoms. The van der Waals surface area contributed by atoms with E-state index in [1.165, 1.54) is 23.0 Å². The van der Waals surface area contributed by atoms with Gasteiger partial charge < -0.3 is 9.72 Å². The summed E-state index contributed by atoms with van der Waals surface area (Å²) in [5, 5.41) is 0.506. The summed E-state index contributed by atoms with van der Waals surface area (Å²) >= 11 is 6.02. The zero-order chi connectivity index (χ0) is 15.6. The predicted molar refractivity (Wildman–Crippen MR) is 80.2 cm³/mol. The maximum absolute atomic E-state index is 12.5. The first kappa shape index (κ1) is 15.3. The molecule has 7 nitrogen and oxygen atoms in total. The Hall–Kier alpha value is -1.64. The number of ether oxygens (including phenoxy) is 1. The number of piperidine rings is 1. The Balaban J connectivity index is 1.74. The number of aromatic nitrogens is 3. The second-order valence-corrected chi connectivity index (χ2v) is 7.28. The summed E-state index contributed by atoms with van der Waals surface area (Å²) in [4.78, 5) is 10.3. The minimum Gasteiger partial charge on any atom is -0.487 e. The molecule has 3 rings (SSSR count). The Kier molecular flexibility index (Phi) is 4.32. The van der Waals surface area contributed by atoms with Gasteiger partial charge in [-0.3, -0.25) is 4.98 Å². The molecule has 1 aliphatic heterocycles. The number of hydrogen-bond donors (Lipinski definition) is 1. The van der Waals surface area contributed by atoms with Gasteiger partial charge in [-0.2, -0.15) is 4.31 Å². The van der Waals surface area contributed by atoms with Gasteiger partial charge >= 0.3 is 0 Å². The third-order valence-electron chi connectivity index (χ3n) is 3.46. The van der Waals surface area contributed by atoms with Crippen LogP contribution in [0.2, 0.25) is 5.02 Å². The van der Waals surface area contributed by atoms with Crippen LogP contribution < -0.4 is 4.74 Å². The van der Waals surface area contributed by atoms with Crippen LogP contribution in [0.15, 0.2) is 36.0 Å². The minimum absolute atomic E-state index is 0.0927. The van der Waals surface area contributed by atoms with Gasteiger partial charge in [0.25, 0.3) is 10.0 Å². The highest BCUT2D eigenvalue weighted by molar-refractivity contribution is 7.89. The molecule has 1 aliphatic rings. The van der Waals surface area contributed by atoms with E-state index < -0.39 is 10.0 Å². The molecular weight excluding hydrogens is 328 g/mol. The van der Waals surface area contributed by atoms with Gasteiger partial charge in [-0.05, 0) is 12.8 Å². The summed E-state index contributed by atoms with van der Waals surface area (Å²) in [6.45, 7) is 0.741. The van der Waals surface area contributed by atoms with Crippen LogP contribution in [0.5, 0.6) is 5.75 Å². The minimum atomic E-state index is -3.56. The lowest BCUT2D eigenvalue weighted by molar-refractivity contribution is 0.129. The molecule has 2 aromatic heterocycles. The van der Waals surface area contributed by atoms with E-state index in [1.807, 2.05) is 0 Å². The number of pyridine rings is 1. The van der Waals surface area contributed by atoms with Gasteiger partial charge in [0.15, 0.2) is 5.03 Å². The number of rotatable bonds is 4. The smallest absolute Gasteiger partial charge is 0.260 e. The van der Waals surface area contributed by atoms with Crippen LogP contribution in [-0.2, 0) is 10.0 Å². The van der Waals surface area contributed by atoms with E-state index in [0.717, 1.165) is 12.8 Å². The molecule has 1 N–H and O–H groups in total. The quantitative estimate of drug-likeness (QED) is 0.913. The molecular formula is C13H15ClN4O3S. The SMILES string of the molecule is O=S(=O)(c1cnc[nH]1)N1CCCC(Oc2ccncc2Cl)C1. The average molecular weight is 343 g/mol. The van der Waals surface area contributed by atoms with Crippen molar-refractivity contribution in [3.8, 4) is 5.75 Å². The van der Waals surface area contributed by atoms with Crippen molar-refractivity contribution in [1.82, 2.24) is 19.3 Å². The molecule has 2 aromatic rings. The number of nitrogens with one attached hydrogen (secondary N) is 1. The second-order valence-electron chi connectivity index (χ2n) is 4.97. The predicted octanol–water partition coefficient (Wildman–Crippen LogP) is 1.69. The molecule has 1 fully saturated rings. The molecule has 1 unspecified atom stereocenters. The van der Waals surface area contributed by atoms with Gasteiger partial charge in [0.1, 0.15) is 16.9 Å². The third-order valence-corrected chi connectivity index (χ3v) is 5.54. The van der Waals surface area contributed by atoms with Gasteiger partial charge in [0.2, 0.25) is 0 Å². The van der Waals surface area contributed by atoms with E-state index in [4.69, 9.17) is 16.3 Å². The third kappa shape index (κ3) is 3.08. The number of aromatic amines is 1. The lowest BCUT2D eigenvalue weighted by Crippen LogP contribution is -2.44. The summed E-state index contributed by atoms with van der Waals surface area (Å²) in [7, 11) is -3.56. The van der Waals surface area contributed by atoms with Crippen LogP contribution in [0.3, 0.4) is 0 Å². The highest BCUT2D eigenvalue weighted by atomic mass is 35.5. The molecule has 3 heterocycles. The van der Waals surface area contributed by atoms with Gasteiger partial charge in [-0.15, -0.1) is 0 Å². The monoisotopic (exact) mass is 342 g/mol. The molecule has 0 saturated carbocycles. The van der Waals surface area contributed by atoms with E-state index in [1.54, 1.807) is 12.3 Å². The van der Waals surface area contributed by atoms with E-state index in [-0.39, 0.29) is 17.7 Å². The zero-order valence-electron chi connectivity index (χ0n) is 11.6. The van der Waals surface area contributed by atoms with Crippen LogP contribution >= 0.6 is 11.6 Å². The first-order valence-electron chi connectivity index (χ1n) is 6.82. The summed E-state index contributed by atoms with van der Waals surface area (Å²) in [6, 6.07) is 1.67. The molecule has 1 atom stereocenters. The van der Waals surface area contributed by atoms with Crippen LogP contribution in [0.1, 0.15) is 12.8 Å². The molecule has 0 radical (unpaired) electrons. The van der Waals surface area contributed by atoms with Gasteiger partial charge in [-0.1, -0.05) is 11.6 Å². The molecule has 118 valence electrons. The molecule has 22 heavy (non-hydrogen) atoms. The van der Waals surface area contributed by atoms with Crippen molar-refractivity contribution in [3.63, 3.8) is 0 Å². The van der Waals surface area contributed by atoms with Gasteiger partial charge in [0.05, 0.1) is 19.1 Å². The number of H-pyrrole nitrogens is 1. The normalized spacial score (nSPS) is 20.0. The highest BCUT2D eigenvalue weighted by Crippen LogP contribution is 2.27. The van der Waals surface area contributed by atoms with Crippen molar-refractivity contribution < 1.29 is 13.2 Å². The maximum Gasteiger partial charge on any atom is 0.260 e. The number of sulfonamides is 1. The zero-order valence-corrected chi connectivity index (χ0v) is 13.2. The standard InChI is InChI=1S/C13H15ClN4O3S/c14-11-6-15-4-3-12(11)21-10-2-1-5-18(8-10)22(19,20)13-7-16-9-17-13/h3-4,6-7,9-10H,1-2,5,8H2,(H,16,17). The lowest BCUT2D eigenvalue weighted by atomic mass is 10.1. The molecule has 0 amide bonds. The summed E-state index contributed by atoms with van der Waals surface area (Å²) in [5.74, 6) is 0.516. The fourth-order valence-corrected chi connectivity index (χ4v) is 3.95. The van der Waals surface area contributed by atoms with E-state index in [9.17, 15) is 8.42 Å². The number of nitrogens with zero attached hydrogens (tertiary/aromatic N) is 3. The number of halogens is 1. The fraction of sp³-hybridized carbons (Fsp3) is 0.385. The van der Waals surface area contributed by atoms with Crippen LogP contribution in [0.25, 0.3) is 0 Å². The van der Waals surface area contributed by atoms with Crippen LogP contribution in [-0.4, -0.2) is 46.9 Å². The summed E-state index contributed by atoms with van der Waals surface area (Å²) < 4.78 is 32.2. The Labute approximate surface area is 133 Å².